The first kappa shape index (κ1) is 21.9. The van der Waals surface area contributed by atoms with E-state index in [4.69, 9.17) is 4.98 Å². The molecule has 7 heteroatoms. The number of nitrogens with one attached hydrogen (secondary N) is 1. The number of aromatic nitrogens is 5. The molecule has 1 amide bonds. The molecule has 0 radical (unpaired) electrons. The van der Waals surface area contributed by atoms with Crippen molar-refractivity contribution in [2.75, 3.05) is 5.32 Å². The minimum absolute atomic E-state index is 0.229. The Hall–Kier alpha value is -3.87. The molecule has 0 spiro atoms. The Labute approximate surface area is 199 Å². The van der Waals surface area contributed by atoms with Crippen LogP contribution >= 0.6 is 0 Å². The number of carbonyl (C=O) groups is 1. The lowest BCUT2D eigenvalue weighted by molar-refractivity contribution is 0.102. The summed E-state index contributed by atoms with van der Waals surface area (Å²) in [5.41, 5.74) is 4.74. The van der Waals surface area contributed by atoms with Crippen molar-refractivity contribution in [2.24, 2.45) is 0 Å². The number of pyridine rings is 2. The molecule has 0 unspecified atom stereocenters. The number of hydrogen-bond donors (Lipinski definition) is 1. The Morgan fingerprint density at radius 3 is 2.59 bits per heavy atom. The summed E-state index contributed by atoms with van der Waals surface area (Å²) in [4.78, 5) is 22.3. The van der Waals surface area contributed by atoms with Gasteiger partial charge in [-0.05, 0) is 61.6 Å². The van der Waals surface area contributed by atoms with Gasteiger partial charge in [0.1, 0.15) is 12.0 Å². The van der Waals surface area contributed by atoms with Crippen LogP contribution in [0, 0.1) is 0 Å². The highest BCUT2D eigenvalue weighted by molar-refractivity contribution is 6.07. The molecular weight excluding hydrogens is 424 g/mol. The first-order valence-corrected chi connectivity index (χ1v) is 11.9. The van der Waals surface area contributed by atoms with Gasteiger partial charge in [-0.15, -0.1) is 10.2 Å². The molecule has 34 heavy (non-hydrogen) atoms. The molecule has 0 aliphatic heterocycles. The standard InChI is InChI=1S/C27H28N6O/c1-3-22(4-2)33-17-29-32-26(33)20-6-5-7-21(16-20)30-27(34)25-23(18-12-14-28-15-13-18)10-11-24(31-25)19-8-9-19/h5-7,10-17,19,22H,3-4,8-9H2,1-2H3,(H,30,34). The van der Waals surface area contributed by atoms with Crippen LogP contribution in [0.3, 0.4) is 0 Å². The predicted molar refractivity (Wildman–Crippen MR) is 132 cm³/mol. The SMILES string of the molecule is CCC(CC)n1cnnc1-c1cccc(NC(=O)c2nc(C3CC3)ccc2-c2ccncc2)c1. The molecular formula is C27H28N6O. The third kappa shape index (κ3) is 4.46. The zero-order valence-corrected chi connectivity index (χ0v) is 19.5. The molecule has 1 saturated carbocycles. The fraction of sp³-hybridized carbons (Fsp3) is 0.296. The normalized spacial score (nSPS) is 13.3. The van der Waals surface area contributed by atoms with Crippen LogP contribution in [0.5, 0.6) is 0 Å². The summed E-state index contributed by atoms with van der Waals surface area (Å²) in [6.07, 6.45) is 9.49. The zero-order valence-electron chi connectivity index (χ0n) is 19.5. The maximum atomic E-state index is 13.4. The molecule has 4 aromatic rings. The van der Waals surface area contributed by atoms with Gasteiger partial charge in [-0.2, -0.15) is 0 Å². The number of nitrogens with zero attached hydrogens (tertiary/aromatic N) is 5. The van der Waals surface area contributed by atoms with Crippen molar-refractivity contribution in [1.82, 2.24) is 24.7 Å². The van der Waals surface area contributed by atoms with Crippen molar-refractivity contribution in [2.45, 2.75) is 51.5 Å². The Kier molecular flexibility index (Phi) is 6.16. The second kappa shape index (κ2) is 9.55. The number of rotatable bonds is 8. The van der Waals surface area contributed by atoms with E-state index >= 15 is 0 Å². The third-order valence-electron chi connectivity index (χ3n) is 6.41. The molecule has 5 rings (SSSR count). The highest BCUT2D eigenvalue weighted by atomic mass is 16.1. The van der Waals surface area contributed by atoms with Crippen LogP contribution in [0.4, 0.5) is 5.69 Å². The van der Waals surface area contributed by atoms with Crippen LogP contribution in [0.2, 0.25) is 0 Å². The monoisotopic (exact) mass is 452 g/mol. The molecule has 7 nitrogen and oxygen atoms in total. The van der Waals surface area contributed by atoms with E-state index in [-0.39, 0.29) is 5.91 Å². The van der Waals surface area contributed by atoms with Gasteiger partial charge < -0.3 is 9.88 Å². The highest BCUT2D eigenvalue weighted by Gasteiger charge is 2.27. The van der Waals surface area contributed by atoms with Crippen molar-refractivity contribution in [3.8, 4) is 22.5 Å². The summed E-state index contributed by atoms with van der Waals surface area (Å²) in [7, 11) is 0. The predicted octanol–water partition coefficient (Wildman–Crippen LogP) is 5.89. The van der Waals surface area contributed by atoms with Gasteiger partial charge in [0.25, 0.3) is 5.91 Å². The van der Waals surface area contributed by atoms with Gasteiger partial charge in [0.2, 0.25) is 0 Å². The summed E-state index contributed by atoms with van der Waals surface area (Å²) in [5, 5.41) is 11.6. The second-order valence-corrected chi connectivity index (χ2v) is 8.71. The Morgan fingerprint density at radius 1 is 1.06 bits per heavy atom. The minimum Gasteiger partial charge on any atom is -0.321 e. The van der Waals surface area contributed by atoms with Crippen molar-refractivity contribution in [1.29, 1.82) is 0 Å². The lowest BCUT2D eigenvalue weighted by atomic mass is 10.0. The molecule has 172 valence electrons. The third-order valence-corrected chi connectivity index (χ3v) is 6.41. The zero-order chi connectivity index (χ0) is 23.5. The number of hydrogen-bond acceptors (Lipinski definition) is 5. The van der Waals surface area contributed by atoms with Gasteiger partial charge in [-0.1, -0.05) is 32.0 Å². The molecule has 1 N–H and O–H groups in total. The van der Waals surface area contributed by atoms with E-state index < -0.39 is 0 Å². The Bertz CT molecular complexity index is 1290. The van der Waals surface area contributed by atoms with Crippen molar-refractivity contribution in [3.05, 3.63) is 78.6 Å². The van der Waals surface area contributed by atoms with Gasteiger partial charge in [-0.3, -0.25) is 9.78 Å². The van der Waals surface area contributed by atoms with Gasteiger partial charge in [0.15, 0.2) is 5.82 Å². The summed E-state index contributed by atoms with van der Waals surface area (Å²) in [5.74, 6) is 1.03. The van der Waals surface area contributed by atoms with E-state index in [1.165, 1.54) is 0 Å². The quantitative estimate of drug-likeness (QED) is 0.360. The second-order valence-electron chi connectivity index (χ2n) is 8.71. The van der Waals surface area contributed by atoms with Gasteiger partial charge in [0, 0.05) is 46.9 Å². The van der Waals surface area contributed by atoms with Crippen molar-refractivity contribution < 1.29 is 4.79 Å². The Balaban J connectivity index is 1.46. The summed E-state index contributed by atoms with van der Waals surface area (Å²) in [6.45, 7) is 4.33. The molecule has 1 aliphatic rings. The topological polar surface area (TPSA) is 85.6 Å². The van der Waals surface area contributed by atoms with Gasteiger partial charge in [-0.25, -0.2) is 4.98 Å². The van der Waals surface area contributed by atoms with E-state index in [9.17, 15) is 4.79 Å². The maximum absolute atomic E-state index is 13.4. The summed E-state index contributed by atoms with van der Waals surface area (Å²) in [6, 6.07) is 15.9. The number of anilines is 1. The van der Waals surface area contributed by atoms with E-state index in [1.54, 1.807) is 18.7 Å². The molecule has 0 saturated heterocycles. The lowest BCUT2D eigenvalue weighted by Crippen LogP contribution is -2.16. The minimum atomic E-state index is -0.229. The van der Waals surface area contributed by atoms with Crippen LogP contribution in [-0.2, 0) is 0 Å². The first-order valence-electron chi connectivity index (χ1n) is 11.9. The number of benzene rings is 1. The van der Waals surface area contributed by atoms with E-state index in [0.717, 1.165) is 53.9 Å². The average Bonchev–Trinajstić information content (AvgIpc) is 3.62. The first-order chi connectivity index (χ1) is 16.7. The molecule has 3 aromatic heterocycles. The highest BCUT2D eigenvalue weighted by Crippen LogP contribution is 2.40. The van der Waals surface area contributed by atoms with E-state index in [2.05, 4.69) is 38.9 Å². The lowest BCUT2D eigenvalue weighted by Gasteiger charge is -2.17. The molecule has 1 aromatic carbocycles. The largest absolute Gasteiger partial charge is 0.321 e. The summed E-state index contributed by atoms with van der Waals surface area (Å²) < 4.78 is 2.11. The number of carbonyl (C=O) groups excluding carboxylic acids is 1. The summed E-state index contributed by atoms with van der Waals surface area (Å²) >= 11 is 0. The number of amides is 1. The van der Waals surface area contributed by atoms with Crippen molar-refractivity contribution in [3.63, 3.8) is 0 Å². The van der Waals surface area contributed by atoms with Crippen LogP contribution in [-0.4, -0.2) is 30.6 Å². The van der Waals surface area contributed by atoms with E-state index in [1.807, 2.05) is 48.5 Å². The van der Waals surface area contributed by atoms with Crippen LogP contribution < -0.4 is 5.32 Å². The molecule has 1 fully saturated rings. The van der Waals surface area contributed by atoms with Gasteiger partial charge in [0.05, 0.1) is 0 Å². The fourth-order valence-electron chi connectivity index (χ4n) is 4.34. The fourth-order valence-corrected chi connectivity index (χ4v) is 4.34. The van der Waals surface area contributed by atoms with Crippen LogP contribution in [0.25, 0.3) is 22.5 Å². The molecule has 0 bridgehead atoms. The smallest absolute Gasteiger partial charge is 0.274 e. The van der Waals surface area contributed by atoms with Gasteiger partial charge >= 0.3 is 0 Å². The average molecular weight is 453 g/mol. The molecule has 1 aliphatic carbocycles. The van der Waals surface area contributed by atoms with E-state index in [0.29, 0.717) is 23.3 Å². The van der Waals surface area contributed by atoms with Crippen molar-refractivity contribution >= 4 is 11.6 Å². The van der Waals surface area contributed by atoms with Crippen LogP contribution in [0.15, 0.2) is 67.3 Å². The van der Waals surface area contributed by atoms with Crippen LogP contribution in [0.1, 0.15) is 67.7 Å². The molecule has 0 atom stereocenters. The molecule has 3 heterocycles. The maximum Gasteiger partial charge on any atom is 0.274 e. The Morgan fingerprint density at radius 2 is 1.85 bits per heavy atom.